The highest BCUT2D eigenvalue weighted by Gasteiger charge is 2.10. The smallest absolute Gasteiger partial charge is 0.303 e. The molecule has 0 radical (unpaired) electrons. The van der Waals surface area contributed by atoms with E-state index in [0.717, 1.165) is 16.9 Å². The van der Waals surface area contributed by atoms with Gasteiger partial charge in [-0.1, -0.05) is 29.8 Å². The van der Waals surface area contributed by atoms with E-state index in [-0.39, 0.29) is 6.42 Å². The maximum Gasteiger partial charge on any atom is 0.303 e. The van der Waals surface area contributed by atoms with E-state index in [1.165, 1.54) is 5.56 Å². The Bertz CT molecular complexity index is 509. The van der Waals surface area contributed by atoms with Crippen molar-refractivity contribution >= 4 is 5.97 Å². The molecule has 17 heavy (non-hydrogen) atoms. The fraction of sp³-hybridized carbons (Fsp3) is 0.214. The maximum absolute atomic E-state index is 10.6. The first-order valence-corrected chi connectivity index (χ1v) is 5.52. The highest BCUT2D eigenvalue weighted by molar-refractivity contribution is 5.68. The van der Waals surface area contributed by atoms with Gasteiger partial charge in [-0.3, -0.25) is 4.79 Å². The van der Waals surface area contributed by atoms with Gasteiger partial charge in [0.05, 0.1) is 6.26 Å². The Hall–Kier alpha value is -2.03. The third-order valence-corrected chi connectivity index (χ3v) is 2.67. The zero-order chi connectivity index (χ0) is 12.3. The predicted octanol–water partition coefficient (Wildman–Crippen LogP) is 3.27. The summed E-state index contributed by atoms with van der Waals surface area (Å²) in [4.78, 5) is 10.6. The van der Waals surface area contributed by atoms with Crippen LogP contribution in [-0.2, 0) is 11.2 Å². The second-order valence-corrected chi connectivity index (χ2v) is 4.03. The number of carboxylic acids is 1. The van der Waals surface area contributed by atoms with Crippen LogP contribution >= 0.6 is 0 Å². The lowest BCUT2D eigenvalue weighted by Crippen LogP contribution is -1.97. The number of hydrogen-bond donors (Lipinski definition) is 1. The van der Waals surface area contributed by atoms with Gasteiger partial charge in [0, 0.05) is 12.0 Å². The lowest BCUT2D eigenvalue weighted by atomic mass is 10.0. The number of furan rings is 1. The summed E-state index contributed by atoms with van der Waals surface area (Å²) in [5, 5.41) is 8.68. The zero-order valence-corrected chi connectivity index (χ0v) is 9.64. The van der Waals surface area contributed by atoms with Gasteiger partial charge in [-0.2, -0.15) is 0 Å². The third-order valence-electron chi connectivity index (χ3n) is 2.67. The van der Waals surface area contributed by atoms with E-state index in [1.54, 1.807) is 6.26 Å². The zero-order valence-electron chi connectivity index (χ0n) is 9.64. The molecule has 88 valence electrons. The summed E-state index contributed by atoms with van der Waals surface area (Å²) in [6.07, 6.45) is 2.22. The number of benzene rings is 1. The van der Waals surface area contributed by atoms with Gasteiger partial charge in [-0.25, -0.2) is 0 Å². The van der Waals surface area contributed by atoms with Gasteiger partial charge in [-0.05, 0) is 25.0 Å². The molecule has 2 rings (SSSR count). The minimum Gasteiger partial charge on any atom is -0.481 e. The van der Waals surface area contributed by atoms with Crippen LogP contribution < -0.4 is 0 Å². The van der Waals surface area contributed by atoms with Crippen LogP contribution in [0.5, 0.6) is 0 Å². The molecule has 0 aliphatic carbocycles. The molecule has 0 atom stereocenters. The lowest BCUT2D eigenvalue weighted by Gasteiger charge is -2.02. The number of rotatable bonds is 4. The van der Waals surface area contributed by atoms with Gasteiger partial charge >= 0.3 is 5.97 Å². The normalized spacial score (nSPS) is 10.4. The van der Waals surface area contributed by atoms with Gasteiger partial charge in [-0.15, -0.1) is 0 Å². The van der Waals surface area contributed by atoms with Crippen molar-refractivity contribution in [3.63, 3.8) is 0 Å². The quantitative estimate of drug-likeness (QED) is 0.876. The molecule has 0 saturated carbocycles. The highest BCUT2D eigenvalue weighted by Crippen LogP contribution is 2.26. The summed E-state index contributed by atoms with van der Waals surface area (Å²) in [6, 6.07) is 9.83. The minimum absolute atomic E-state index is 0.123. The molecule has 0 aliphatic heterocycles. The minimum atomic E-state index is -0.791. The topological polar surface area (TPSA) is 50.4 Å². The Balaban J connectivity index is 2.24. The van der Waals surface area contributed by atoms with Gasteiger partial charge < -0.3 is 9.52 Å². The second-order valence-electron chi connectivity index (χ2n) is 4.03. The number of hydrogen-bond acceptors (Lipinski definition) is 2. The molecule has 1 aromatic carbocycles. The number of aryl methyl sites for hydroxylation is 2. The van der Waals surface area contributed by atoms with Crippen LogP contribution in [-0.4, -0.2) is 11.1 Å². The maximum atomic E-state index is 10.6. The largest absolute Gasteiger partial charge is 0.481 e. The van der Waals surface area contributed by atoms with Crippen molar-refractivity contribution in [3.8, 4) is 11.3 Å². The van der Waals surface area contributed by atoms with E-state index in [4.69, 9.17) is 9.52 Å². The molecule has 1 heterocycles. The standard InChI is InChI=1S/C14H14O3/c1-10-2-4-11(5-3-10)14-12(8-9-17-14)6-7-13(15)16/h2-5,8-9H,6-7H2,1H3,(H,15,16). The Morgan fingerprint density at radius 1 is 1.24 bits per heavy atom. The van der Waals surface area contributed by atoms with Crippen LogP contribution in [0.4, 0.5) is 0 Å². The molecule has 0 bridgehead atoms. The van der Waals surface area contributed by atoms with Crippen LogP contribution in [0.2, 0.25) is 0 Å². The molecule has 0 fully saturated rings. The van der Waals surface area contributed by atoms with Crippen molar-refractivity contribution in [2.24, 2.45) is 0 Å². The lowest BCUT2D eigenvalue weighted by molar-refractivity contribution is -0.136. The number of carbonyl (C=O) groups is 1. The molecule has 0 amide bonds. The summed E-state index contributed by atoms with van der Waals surface area (Å²) in [6.45, 7) is 2.03. The Morgan fingerprint density at radius 2 is 1.94 bits per heavy atom. The van der Waals surface area contributed by atoms with Crippen molar-refractivity contribution in [1.82, 2.24) is 0 Å². The van der Waals surface area contributed by atoms with Crippen molar-refractivity contribution in [2.75, 3.05) is 0 Å². The van der Waals surface area contributed by atoms with Gasteiger partial charge in [0.25, 0.3) is 0 Å². The SMILES string of the molecule is Cc1ccc(-c2occc2CCC(=O)O)cc1. The highest BCUT2D eigenvalue weighted by atomic mass is 16.4. The molecule has 3 nitrogen and oxygen atoms in total. The molecule has 0 saturated heterocycles. The molecule has 1 N–H and O–H groups in total. The molecular formula is C14H14O3. The summed E-state index contributed by atoms with van der Waals surface area (Å²) in [5.74, 6) is -0.0210. The molecule has 2 aromatic rings. The van der Waals surface area contributed by atoms with Crippen LogP contribution in [0.15, 0.2) is 41.0 Å². The molecule has 1 aromatic heterocycles. The predicted molar refractivity (Wildman–Crippen MR) is 64.8 cm³/mol. The van der Waals surface area contributed by atoms with E-state index in [9.17, 15) is 4.79 Å². The summed E-state index contributed by atoms with van der Waals surface area (Å²) < 4.78 is 5.43. The fourth-order valence-electron chi connectivity index (χ4n) is 1.73. The average molecular weight is 230 g/mol. The van der Waals surface area contributed by atoms with E-state index in [2.05, 4.69) is 0 Å². The monoisotopic (exact) mass is 230 g/mol. The first kappa shape index (κ1) is 11.5. The van der Waals surface area contributed by atoms with Gasteiger partial charge in [0.15, 0.2) is 0 Å². The van der Waals surface area contributed by atoms with Gasteiger partial charge in [0.2, 0.25) is 0 Å². The molecule has 0 aliphatic rings. The molecular weight excluding hydrogens is 216 g/mol. The third kappa shape index (κ3) is 2.75. The Kier molecular flexibility index (Phi) is 3.28. The Morgan fingerprint density at radius 3 is 2.59 bits per heavy atom. The molecule has 3 heteroatoms. The second kappa shape index (κ2) is 4.87. The van der Waals surface area contributed by atoms with Crippen LogP contribution in [0, 0.1) is 6.92 Å². The van der Waals surface area contributed by atoms with E-state index >= 15 is 0 Å². The fourth-order valence-corrected chi connectivity index (χ4v) is 1.73. The number of carboxylic acid groups (broad SMARTS) is 1. The van der Waals surface area contributed by atoms with Crippen LogP contribution in [0.25, 0.3) is 11.3 Å². The van der Waals surface area contributed by atoms with Crippen molar-refractivity contribution in [1.29, 1.82) is 0 Å². The van der Waals surface area contributed by atoms with E-state index in [0.29, 0.717) is 6.42 Å². The summed E-state index contributed by atoms with van der Waals surface area (Å²) in [7, 11) is 0. The van der Waals surface area contributed by atoms with E-state index < -0.39 is 5.97 Å². The average Bonchev–Trinajstić information content (AvgIpc) is 2.75. The Labute approximate surface area is 99.7 Å². The number of aliphatic carboxylic acids is 1. The summed E-state index contributed by atoms with van der Waals surface area (Å²) in [5.41, 5.74) is 3.12. The van der Waals surface area contributed by atoms with E-state index in [1.807, 2.05) is 37.3 Å². The molecule has 0 spiro atoms. The van der Waals surface area contributed by atoms with Crippen molar-refractivity contribution in [2.45, 2.75) is 19.8 Å². The van der Waals surface area contributed by atoms with Crippen molar-refractivity contribution < 1.29 is 14.3 Å². The first-order chi connectivity index (χ1) is 8.16. The first-order valence-electron chi connectivity index (χ1n) is 5.52. The van der Waals surface area contributed by atoms with Crippen LogP contribution in [0.3, 0.4) is 0 Å². The van der Waals surface area contributed by atoms with Crippen LogP contribution in [0.1, 0.15) is 17.5 Å². The molecule has 0 unspecified atom stereocenters. The van der Waals surface area contributed by atoms with Gasteiger partial charge in [0.1, 0.15) is 5.76 Å². The summed E-state index contributed by atoms with van der Waals surface area (Å²) >= 11 is 0. The van der Waals surface area contributed by atoms with Crippen molar-refractivity contribution in [3.05, 3.63) is 47.7 Å².